The van der Waals surface area contributed by atoms with E-state index in [2.05, 4.69) is 5.32 Å². The fourth-order valence-corrected chi connectivity index (χ4v) is 2.18. The van der Waals surface area contributed by atoms with Gasteiger partial charge in [-0.3, -0.25) is 9.59 Å². The van der Waals surface area contributed by atoms with Crippen molar-refractivity contribution >= 4 is 17.8 Å². The van der Waals surface area contributed by atoms with Crippen LogP contribution in [0.3, 0.4) is 0 Å². The standard InChI is InChI=1S/C17H24N2O4/c1-4-8-14(16(21)19(3)12(2)17(22)23)18-15(20)11-13-9-6-5-7-10-13/h5-7,9-10,12,14H,4,8,11H2,1-3H3,(H,18,20)(H,22,23). The third-order valence-electron chi connectivity index (χ3n) is 3.70. The lowest BCUT2D eigenvalue weighted by Crippen LogP contribution is -2.51. The molecular formula is C17H24N2O4. The fraction of sp³-hybridized carbons (Fsp3) is 0.471. The average molecular weight is 320 g/mol. The number of carboxylic acids is 1. The van der Waals surface area contributed by atoms with Crippen LogP contribution >= 0.6 is 0 Å². The molecule has 0 aliphatic carbocycles. The molecule has 6 nitrogen and oxygen atoms in total. The van der Waals surface area contributed by atoms with Gasteiger partial charge in [-0.15, -0.1) is 0 Å². The van der Waals surface area contributed by atoms with Crippen LogP contribution in [0.5, 0.6) is 0 Å². The topological polar surface area (TPSA) is 86.7 Å². The largest absolute Gasteiger partial charge is 0.480 e. The lowest BCUT2D eigenvalue weighted by molar-refractivity contribution is -0.149. The molecule has 0 spiro atoms. The van der Waals surface area contributed by atoms with Crippen LogP contribution in [0.2, 0.25) is 0 Å². The van der Waals surface area contributed by atoms with E-state index in [9.17, 15) is 14.4 Å². The van der Waals surface area contributed by atoms with Crippen molar-refractivity contribution in [2.24, 2.45) is 0 Å². The Balaban J connectivity index is 2.72. The number of benzene rings is 1. The molecule has 0 fully saturated rings. The first-order valence-electron chi connectivity index (χ1n) is 7.69. The monoisotopic (exact) mass is 320 g/mol. The molecule has 2 unspecified atom stereocenters. The van der Waals surface area contributed by atoms with Crippen molar-refractivity contribution in [1.82, 2.24) is 10.2 Å². The summed E-state index contributed by atoms with van der Waals surface area (Å²) in [6.07, 6.45) is 1.36. The van der Waals surface area contributed by atoms with Crippen molar-refractivity contribution in [3.63, 3.8) is 0 Å². The normalized spacial score (nSPS) is 13.0. The Kier molecular flexibility index (Phi) is 7.25. The summed E-state index contributed by atoms with van der Waals surface area (Å²) in [5.41, 5.74) is 0.861. The minimum absolute atomic E-state index is 0.187. The predicted octanol–water partition coefficient (Wildman–Crippen LogP) is 1.45. The summed E-state index contributed by atoms with van der Waals surface area (Å²) in [6, 6.07) is 7.60. The number of amides is 2. The van der Waals surface area contributed by atoms with E-state index < -0.39 is 18.1 Å². The van der Waals surface area contributed by atoms with Crippen LogP contribution in [-0.2, 0) is 20.8 Å². The van der Waals surface area contributed by atoms with E-state index in [4.69, 9.17) is 5.11 Å². The molecule has 0 saturated heterocycles. The maximum Gasteiger partial charge on any atom is 0.326 e. The van der Waals surface area contributed by atoms with E-state index in [1.54, 1.807) is 0 Å². The van der Waals surface area contributed by atoms with Gasteiger partial charge in [0, 0.05) is 7.05 Å². The second-order valence-electron chi connectivity index (χ2n) is 5.53. The molecule has 0 aromatic heterocycles. The van der Waals surface area contributed by atoms with Crippen molar-refractivity contribution in [2.75, 3.05) is 7.05 Å². The van der Waals surface area contributed by atoms with E-state index in [0.717, 1.165) is 10.5 Å². The van der Waals surface area contributed by atoms with Crippen LogP contribution in [0.1, 0.15) is 32.3 Å². The van der Waals surface area contributed by atoms with Gasteiger partial charge in [-0.2, -0.15) is 0 Å². The lowest BCUT2D eigenvalue weighted by Gasteiger charge is -2.27. The van der Waals surface area contributed by atoms with Crippen molar-refractivity contribution in [3.8, 4) is 0 Å². The second kappa shape index (κ2) is 8.92. The van der Waals surface area contributed by atoms with Crippen molar-refractivity contribution in [1.29, 1.82) is 0 Å². The molecular weight excluding hydrogens is 296 g/mol. The first-order chi connectivity index (χ1) is 10.9. The number of nitrogens with zero attached hydrogens (tertiary/aromatic N) is 1. The van der Waals surface area contributed by atoms with Crippen LogP contribution in [0.25, 0.3) is 0 Å². The summed E-state index contributed by atoms with van der Waals surface area (Å²) in [5.74, 6) is -1.71. The Morgan fingerprint density at radius 3 is 2.35 bits per heavy atom. The van der Waals surface area contributed by atoms with Crippen LogP contribution in [0, 0.1) is 0 Å². The minimum atomic E-state index is -1.08. The van der Waals surface area contributed by atoms with Gasteiger partial charge in [0.25, 0.3) is 0 Å². The van der Waals surface area contributed by atoms with Gasteiger partial charge in [-0.05, 0) is 18.9 Å². The zero-order valence-corrected chi connectivity index (χ0v) is 13.8. The highest BCUT2D eigenvalue weighted by Crippen LogP contribution is 2.07. The highest BCUT2D eigenvalue weighted by Gasteiger charge is 2.28. The number of rotatable bonds is 8. The number of carbonyl (C=O) groups excluding carboxylic acids is 2. The van der Waals surface area contributed by atoms with Gasteiger partial charge in [0.05, 0.1) is 6.42 Å². The van der Waals surface area contributed by atoms with Crippen molar-refractivity contribution < 1.29 is 19.5 Å². The van der Waals surface area contributed by atoms with Crippen molar-refractivity contribution in [3.05, 3.63) is 35.9 Å². The molecule has 0 aliphatic heterocycles. The second-order valence-corrected chi connectivity index (χ2v) is 5.53. The first-order valence-corrected chi connectivity index (χ1v) is 7.69. The molecule has 0 bridgehead atoms. The van der Waals surface area contributed by atoms with Crippen molar-refractivity contribution in [2.45, 2.75) is 45.2 Å². The molecule has 6 heteroatoms. The summed E-state index contributed by atoms with van der Waals surface area (Å²) in [6.45, 7) is 3.35. The van der Waals surface area contributed by atoms with E-state index in [1.807, 2.05) is 37.3 Å². The predicted molar refractivity (Wildman–Crippen MR) is 86.9 cm³/mol. The van der Waals surface area contributed by atoms with Gasteiger partial charge in [-0.25, -0.2) is 4.79 Å². The molecule has 1 rings (SSSR count). The van der Waals surface area contributed by atoms with E-state index in [-0.39, 0.29) is 18.2 Å². The zero-order valence-electron chi connectivity index (χ0n) is 13.8. The Bertz CT molecular complexity index is 545. The molecule has 0 heterocycles. The molecule has 1 aromatic carbocycles. The van der Waals surface area contributed by atoms with Gasteiger partial charge in [0.1, 0.15) is 12.1 Å². The summed E-state index contributed by atoms with van der Waals surface area (Å²) in [7, 11) is 1.44. The molecule has 2 atom stereocenters. The molecule has 23 heavy (non-hydrogen) atoms. The van der Waals surface area contributed by atoms with E-state index in [1.165, 1.54) is 14.0 Å². The molecule has 0 saturated carbocycles. The van der Waals surface area contributed by atoms with E-state index in [0.29, 0.717) is 12.8 Å². The average Bonchev–Trinajstić information content (AvgIpc) is 2.53. The Labute approximate surface area is 136 Å². The fourth-order valence-electron chi connectivity index (χ4n) is 2.18. The molecule has 0 aliphatic rings. The Morgan fingerprint density at radius 1 is 1.22 bits per heavy atom. The highest BCUT2D eigenvalue weighted by atomic mass is 16.4. The van der Waals surface area contributed by atoms with Crippen LogP contribution < -0.4 is 5.32 Å². The molecule has 2 N–H and O–H groups in total. The van der Waals surface area contributed by atoms with Crippen LogP contribution in [0.15, 0.2) is 30.3 Å². The summed E-state index contributed by atoms with van der Waals surface area (Å²) >= 11 is 0. The number of hydrogen-bond donors (Lipinski definition) is 2. The maximum atomic E-state index is 12.4. The van der Waals surface area contributed by atoms with Gasteiger partial charge < -0.3 is 15.3 Å². The summed E-state index contributed by atoms with van der Waals surface area (Å²) in [5, 5.41) is 11.7. The zero-order chi connectivity index (χ0) is 17.4. The summed E-state index contributed by atoms with van der Waals surface area (Å²) < 4.78 is 0. The number of likely N-dealkylation sites (N-methyl/N-ethyl adjacent to an activating group) is 1. The number of hydrogen-bond acceptors (Lipinski definition) is 3. The number of carbonyl (C=O) groups is 3. The Morgan fingerprint density at radius 2 is 1.83 bits per heavy atom. The maximum absolute atomic E-state index is 12.4. The number of nitrogens with one attached hydrogen (secondary N) is 1. The molecule has 0 radical (unpaired) electrons. The first kappa shape index (κ1) is 18.7. The van der Waals surface area contributed by atoms with Gasteiger partial charge in [0.15, 0.2) is 0 Å². The van der Waals surface area contributed by atoms with E-state index >= 15 is 0 Å². The van der Waals surface area contributed by atoms with Crippen LogP contribution in [0.4, 0.5) is 0 Å². The number of aliphatic carboxylic acids is 1. The lowest BCUT2D eigenvalue weighted by atomic mass is 10.1. The minimum Gasteiger partial charge on any atom is -0.480 e. The third-order valence-corrected chi connectivity index (χ3v) is 3.70. The van der Waals surface area contributed by atoms with Gasteiger partial charge in [-0.1, -0.05) is 43.7 Å². The Hall–Kier alpha value is -2.37. The quantitative estimate of drug-likeness (QED) is 0.759. The SMILES string of the molecule is CCCC(NC(=O)Cc1ccccc1)C(=O)N(C)C(C)C(=O)O. The van der Waals surface area contributed by atoms with Gasteiger partial charge in [0.2, 0.25) is 11.8 Å². The molecule has 126 valence electrons. The smallest absolute Gasteiger partial charge is 0.326 e. The number of carboxylic acid groups (broad SMARTS) is 1. The van der Waals surface area contributed by atoms with Crippen LogP contribution in [-0.4, -0.2) is 46.9 Å². The van der Waals surface area contributed by atoms with Gasteiger partial charge >= 0.3 is 5.97 Å². The summed E-state index contributed by atoms with van der Waals surface area (Å²) in [4.78, 5) is 36.7. The molecule has 1 aromatic rings. The molecule has 2 amide bonds. The third kappa shape index (κ3) is 5.73. The highest BCUT2D eigenvalue weighted by molar-refractivity contribution is 5.90.